The Kier molecular flexibility index (Phi) is 5.34. The van der Waals surface area contributed by atoms with Crippen LogP contribution in [-0.2, 0) is 6.54 Å². The van der Waals surface area contributed by atoms with Crippen molar-refractivity contribution in [3.8, 4) is 0 Å². The van der Waals surface area contributed by atoms with Crippen molar-refractivity contribution in [3.63, 3.8) is 0 Å². The SMILES string of the molecule is CCSc1ccccc1NCc1ccc(C)cc1Br. The first kappa shape index (κ1) is 14.5. The Morgan fingerprint density at radius 3 is 2.68 bits per heavy atom. The summed E-state index contributed by atoms with van der Waals surface area (Å²) in [6, 6.07) is 14.9. The zero-order chi connectivity index (χ0) is 13.7. The fraction of sp³-hybridized carbons (Fsp3) is 0.250. The summed E-state index contributed by atoms with van der Waals surface area (Å²) in [5.74, 6) is 1.09. The second-order valence-electron chi connectivity index (χ2n) is 4.38. The largest absolute Gasteiger partial charge is 0.380 e. The van der Waals surface area contributed by atoms with Crippen molar-refractivity contribution in [2.45, 2.75) is 25.3 Å². The van der Waals surface area contributed by atoms with E-state index in [1.165, 1.54) is 26.2 Å². The molecular formula is C16H18BrNS. The van der Waals surface area contributed by atoms with E-state index in [0.717, 1.165) is 12.3 Å². The van der Waals surface area contributed by atoms with Crippen LogP contribution in [0, 0.1) is 6.92 Å². The number of halogens is 1. The van der Waals surface area contributed by atoms with E-state index in [-0.39, 0.29) is 0 Å². The van der Waals surface area contributed by atoms with Crippen LogP contribution in [0.2, 0.25) is 0 Å². The molecule has 0 amide bonds. The second-order valence-corrected chi connectivity index (χ2v) is 6.54. The summed E-state index contributed by atoms with van der Waals surface area (Å²) in [5.41, 5.74) is 3.77. The number of benzene rings is 2. The maximum Gasteiger partial charge on any atom is 0.0481 e. The lowest BCUT2D eigenvalue weighted by molar-refractivity contribution is 1.12. The molecule has 2 aromatic rings. The average molecular weight is 336 g/mol. The number of rotatable bonds is 5. The molecule has 0 aliphatic rings. The van der Waals surface area contributed by atoms with Crippen LogP contribution in [0.3, 0.4) is 0 Å². The smallest absolute Gasteiger partial charge is 0.0481 e. The third kappa shape index (κ3) is 4.02. The lowest BCUT2D eigenvalue weighted by atomic mass is 10.1. The number of hydrogen-bond donors (Lipinski definition) is 1. The maximum absolute atomic E-state index is 3.62. The van der Waals surface area contributed by atoms with Crippen LogP contribution in [0.15, 0.2) is 51.8 Å². The molecule has 0 aromatic heterocycles. The molecule has 100 valence electrons. The topological polar surface area (TPSA) is 12.0 Å². The number of nitrogens with one attached hydrogen (secondary N) is 1. The van der Waals surface area contributed by atoms with E-state index >= 15 is 0 Å². The number of para-hydroxylation sites is 1. The van der Waals surface area contributed by atoms with Crippen molar-refractivity contribution in [3.05, 3.63) is 58.1 Å². The Hall–Kier alpha value is -0.930. The fourth-order valence-corrected chi connectivity index (χ4v) is 3.30. The van der Waals surface area contributed by atoms with Gasteiger partial charge < -0.3 is 5.32 Å². The molecule has 0 fully saturated rings. The fourth-order valence-electron chi connectivity index (χ4n) is 1.88. The molecule has 2 aromatic carbocycles. The zero-order valence-corrected chi connectivity index (χ0v) is 13.6. The van der Waals surface area contributed by atoms with Gasteiger partial charge in [0.15, 0.2) is 0 Å². The standard InChI is InChI=1S/C16H18BrNS/c1-3-19-16-7-5-4-6-15(16)18-11-13-9-8-12(2)10-14(13)17/h4-10,18H,3,11H2,1-2H3. The molecule has 0 radical (unpaired) electrons. The van der Waals surface area contributed by atoms with Crippen LogP contribution in [0.25, 0.3) is 0 Å². The summed E-state index contributed by atoms with van der Waals surface area (Å²) in [5, 5.41) is 3.52. The number of anilines is 1. The van der Waals surface area contributed by atoms with E-state index in [1.807, 2.05) is 11.8 Å². The van der Waals surface area contributed by atoms with E-state index in [0.29, 0.717) is 0 Å². The van der Waals surface area contributed by atoms with Crippen LogP contribution >= 0.6 is 27.7 Å². The molecule has 1 nitrogen and oxygen atoms in total. The highest BCUT2D eigenvalue weighted by atomic mass is 79.9. The van der Waals surface area contributed by atoms with Crippen LogP contribution in [-0.4, -0.2) is 5.75 Å². The summed E-state index contributed by atoms with van der Waals surface area (Å²) in [6.07, 6.45) is 0. The van der Waals surface area contributed by atoms with Crippen molar-refractivity contribution in [2.75, 3.05) is 11.1 Å². The van der Waals surface area contributed by atoms with Gasteiger partial charge in [0.25, 0.3) is 0 Å². The quantitative estimate of drug-likeness (QED) is 0.726. The van der Waals surface area contributed by atoms with Crippen LogP contribution in [0.1, 0.15) is 18.1 Å². The molecule has 0 heterocycles. The second kappa shape index (κ2) is 7.01. The van der Waals surface area contributed by atoms with Gasteiger partial charge in [0, 0.05) is 21.6 Å². The van der Waals surface area contributed by atoms with Crippen molar-refractivity contribution < 1.29 is 0 Å². The molecule has 1 N–H and O–H groups in total. The zero-order valence-electron chi connectivity index (χ0n) is 11.2. The van der Waals surface area contributed by atoms with Gasteiger partial charge in [0.2, 0.25) is 0 Å². The van der Waals surface area contributed by atoms with Gasteiger partial charge >= 0.3 is 0 Å². The predicted molar refractivity (Wildman–Crippen MR) is 89.0 cm³/mol. The molecule has 2 rings (SSSR count). The summed E-state index contributed by atoms with van der Waals surface area (Å²) < 4.78 is 1.17. The molecule has 0 spiro atoms. The minimum absolute atomic E-state index is 0.835. The maximum atomic E-state index is 3.62. The van der Waals surface area contributed by atoms with Crippen molar-refractivity contribution in [1.29, 1.82) is 0 Å². The Bertz CT molecular complexity index is 554. The van der Waals surface area contributed by atoms with E-state index < -0.39 is 0 Å². The number of aryl methyl sites for hydroxylation is 1. The Morgan fingerprint density at radius 1 is 1.16 bits per heavy atom. The van der Waals surface area contributed by atoms with E-state index in [4.69, 9.17) is 0 Å². The van der Waals surface area contributed by atoms with Gasteiger partial charge in [-0.15, -0.1) is 11.8 Å². The van der Waals surface area contributed by atoms with E-state index in [9.17, 15) is 0 Å². The van der Waals surface area contributed by atoms with Gasteiger partial charge in [0.05, 0.1) is 0 Å². The predicted octanol–water partition coefficient (Wildman–Crippen LogP) is 5.48. The van der Waals surface area contributed by atoms with E-state index in [1.54, 1.807) is 0 Å². The highest BCUT2D eigenvalue weighted by molar-refractivity contribution is 9.10. The van der Waals surface area contributed by atoms with Crippen LogP contribution < -0.4 is 5.32 Å². The first-order valence-electron chi connectivity index (χ1n) is 6.41. The summed E-state index contributed by atoms with van der Waals surface area (Å²) >= 11 is 5.49. The molecular weight excluding hydrogens is 318 g/mol. The number of thioether (sulfide) groups is 1. The summed E-state index contributed by atoms with van der Waals surface area (Å²) in [4.78, 5) is 1.31. The van der Waals surface area contributed by atoms with Crippen molar-refractivity contribution in [2.24, 2.45) is 0 Å². The normalized spacial score (nSPS) is 10.5. The molecule has 3 heteroatoms. The van der Waals surface area contributed by atoms with Crippen molar-refractivity contribution in [1.82, 2.24) is 0 Å². The van der Waals surface area contributed by atoms with Gasteiger partial charge in [-0.1, -0.05) is 47.1 Å². The van der Waals surface area contributed by atoms with Crippen molar-refractivity contribution >= 4 is 33.4 Å². The third-order valence-corrected chi connectivity index (χ3v) is 4.56. The average Bonchev–Trinajstić information content (AvgIpc) is 2.40. The first-order valence-corrected chi connectivity index (χ1v) is 8.19. The lowest BCUT2D eigenvalue weighted by Crippen LogP contribution is -2.01. The molecule has 0 saturated heterocycles. The Labute approximate surface area is 127 Å². The Balaban J connectivity index is 2.10. The van der Waals surface area contributed by atoms with Gasteiger partial charge in [-0.25, -0.2) is 0 Å². The molecule has 19 heavy (non-hydrogen) atoms. The Morgan fingerprint density at radius 2 is 1.95 bits per heavy atom. The van der Waals surface area contributed by atoms with Crippen LogP contribution in [0.5, 0.6) is 0 Å². The molecule has 0 atom stereocenters. The molecule has 0 unspecified atom stereocenters. The van der Waals surface area contributed by atoms with Gasteiger partial charge in [-0.2, -0.15) is 0 Å². The van der Waals surface area contributed by atoms with E-state index in [2.05, 4.69) is 77.6 Å². The first-order chi connectivity index (χ1) is 9.20. The monoisotopic (exact) mass is 335 g/mol. The summed E-state index contributed by atoms with van der Waals surface area (Å²) in [6.45, 7) is 5.12. The van der Waals surface area contributed by atoms with Gasteiger partial charge in [-0.3, -0.25) is 0 Å². The minimum Gasteiger partial charge on any atom is -0.380 e. The van der Waals surface area contributed by atoms with Gasteiger partial charge in [0.1, 0.15) is 0 Å². The molecule has 0 bridgehead atoms. The summed E-state index contributed by atoms with van der Waals surface area (Å²) in [7, 11) is 0. The minimum atomic E-state index is 0.835. The highest BCUT2D eigenvalue weighted by Crippen LogP contribution is 2.27. The molecule has 0 saturated carbocycles. The van der Waals surface area contributed by atoms with Gasteiger partial charge in [-0.05, 0) is 42.0 Å². The number of hydrogen-bond acceptors (Lipinski definition) is 2. The molecule has 0 aliphatic carbocycles. The highest BCUT2D eigenvalue weighted by Gasteiger charge is 2.03. The van der Waals surface area contributed by atoms with Crippen LogP contribution in [0.4, 0.5) is 5.69 Å². The third-order valence-electron chi connectivity index (χ3n) is 2.86. The lowest BCUT2D eigenvalue weighted by Gasteiger charge is -2.12. The molecule has 0 aliphatic heterocycles.